The van der Waals surface area contributed by atoms with E-state index in [4.69, 9.17) is 4.74 Å². The lowest BCUT2D eigenvalue weighted by Crippen LogP contribution is -2.17. The summed E-state index contributed by atoms with van der Waals surface area (Å²) in [7, 11) is 3.63. The monoisotopic (exact) mass is 385 g/mol. The second-order valence-corrected chi connectivity index (χ2v) is 6.02. The number of methoxy groups -OCH3 is 1. The molecule has 0 spiro atoms. The summed E-state index contributed by atoms with van der Waals surface area (Å²) in [6.45, 7) is -1.33. The van der Waals surface area contributed by atoms with Crippen molar-refractivity contribution in [2.45, 2.75) is 19.7 Å². The fourth-order valence-corrected chi connectivity index (χ4v) is 2.85. The van der Waals surface area contributed by atoms with Gasteiger partial charge in [-0.2, -0.15) is 8.78 Å². The average Bonchev–Trinajstić information content (AvgIpc) is 2.49. The first kappa shape index (κ1) is 17.7. The van der Waals surface area contributed by atoms with Crippen molar-refractivity contribution in [1.29, 1.82) is 0 Å². The van der Waals surface area contributed by atoms with Crippen LogP contribution in [0.3, 0.4) is 0 Å². The van der Waals surface area contributed by atoms with Gasteiger partial charge in [-0.3, -0.25) is 4.90 Å². The topological polar surface area (TPSA) is 21.7 Å². The molecule has 2 rings (SSSR count). The fraction of sp³-hybridized carbons (Fsp3) is 0.294. The third kappa shape index (κ3) is 5.48. The number of nitrogens with zero attached hydrogens (tertiary/aromatic N) is 1. The van der Waals surface area contributed by atoms with Gasteiger partial charge in [0.2, 0.25) is 0 Å². The van der Waals surface area contributed by atoms with Crippen LogP contribution < -0.4 is 9.47 Å². The highest BCUT2D eigenvalue weighted by atomic mass is 79.9. The van der Waals surface area contributed by atoms with Crippen molar-refractivity contribution in [3.8, 4) is 11.5 Å². The standard InChI is InChI=1S/C17H18BrF2NO2/c1-21(11-13-5-8-16(22-2)15(18)9-13)10-12-3-6-14(7-4-12)23-17(19)20/h3-9,17H,10-11H2,1-2H3. The third-order valence-corrected chi connectivity index (χ3v) is 3.89. The number of ether oxygens (including phenoxy) is 2. The van der Waals surface area contributed by atoms with E-state index < -0.39 is 6.61 Å². The first-order valence-corrected chi connectivity index (χ1v) is 7.82. The normalized spacial score (nSPS) is 11.1. The lowest BCUT2D eigenvalue weighted by atomic mass is 10.1. The molecular weight excluding hydrogens is 368 g/mol. The van der Waals surface area contributed by atoms with Crippen LogP contribution in [0.15, 0.2) is 46.9 Å². The molecular formula is C17H18BrF2NO2. The Hall–Kier alpha value is -1.66. The minimum atomic E-state index is -2.79. The van der Waals surface area contributed by atoms with Crippen LogP contribution in [0, 0.1) is 0 Å². The maximum absolute atomic E-state index is 12.1. The summed E-state index contributed by atoms with van der Waals surface area (Å²) < 4.78 is 34.7. The van der Waals surface area contributed by atoms with Crippen LogP contribution in [0.1, 0.15) is 11.1 Å². The van der Waals surface area contributed by atoms with Gasteiger partial charge in [0.25, 0.3) is 0 Å². The molecule has 0 aliphatic rings. The fourth-order valence-electron chi connectivity index (χ4n) is 2.26. The van der Waals surface area contributed by atoms with Crippen molar-refractivity contribution in [2.75, 3.05) is 14.2 Å². The molecule has 2 aromatic carbocycles. The smallest absolute Gasteiger partial charge is 0.387 e. The van der Waals surface area contributed by atoms with Crippen LogP contribution in [0.4, 0.5) is 8.78 Å². The molecule has 124 valence electrons. The third-order valence-electron chi connectivity index (χ3n) is 3.27. The van der Waals surface area contributed by atoms with E-state index in [0.717, 1.165) is 27.9 Å². The number of hydrogen-bond donors (Lipinski definition) is 0. The van der Waals surface area contributed by atoms with Gasteiger partial charge in [0.15, 0.2) is 0 Å². The molecule has 6 heteroatoms. The Balaban J connectivity index is 1.93. The Morgan fingerprint density at radius 3 is 2.22 bits per heavy atom. The van der Waals surface area contributed by atoms with Crippen molar-refractivity contribution >= 4 is 15.9 Å². The van der Waals surface area contributed by atoms with Crippen molar-refractivity contribution in [1.82, 2.24) is 4.90 Å². The summed E-state index contributed by atoms with van der Waals surface area (Å²) in [4.78, 5) is 2.14. The van der Waals surface area contributed by atoms with Crippen molar-refractivity contribution in [2.24, 2.45) is 0 Å². The largest absolute Gasteiger partial charge is 0.496 e. The second-order valence-electron chi connectivity index (χ2n) is 5.16. The predicted molar refractivity (Wildman–Crippen MR) is 88.9 cm³/mol. The molecule has 0 bridgehead atoms. The van der Waals surface area contributed by atoms with Gasteiger partial charge in [0.05, 0.1) is 11.6 Å². The van der Waals surface area contributed by atoms with Crippen molar-refractivity contribution in [3.05, 3.63) is 58.1 Å². The van der Waals surface area contributed by atoms with Gasteiger partial charge in [-0.05, 0) is 58.4 Å². The van der Waals surface area contributed by atoms with Crippen LogP contribution in [0.5, 0.6) is 11.5 Å². The summed E-state index contributed by atoms with van der Waals surface area (Å²) in [5.74, 6) is 0.969. The van der Waals surface area contributed by atoms with Gasteiger partial charge in [0.1, 0.15) is 11.5 Å². The maximum Gasteiger partial charge on any atom is 0.387 e. The quantitative estimate of drug-likeness (QED) is 0.689. The zero-order valence-electron chi connectivity index (χ0n) is 12.9. The summed E-state index contributed by atoms with van der Waals surface area (Å²) in [6, 6.07) is 12.6. The van der Waals surface area contributed by atoms with E-state index in [1.807, 2.05) is 25.2 Å². The lowest BCUT2D eigenvalue weighted by Gasteiger charge is -2.17. The molecule has 0 heterocycles. The van der Waals surface area contributed by atoms with Crippen LogP contribution in [0.2, 0.25) is 0 Å². The Kier molecular flexibility index (Phi) is 6.36. The summed E-state index contributed by atoms with van der Waals surface area (Å²) in [5.41, 5.74) is 2.18. The van der Waals surface area contributed by atoms with Gasteiger partial charge >= 0.3 is 6.61 Å². The predicted octanol–water partition coefficient (Wildman–Crippen LogP) is 4.69. The van der Waals surface area contributed by atoms with Crippen molar-refractivity contribution in [3.63, 3.8) is 0 Å². The Morgan fingerprint density at radius 1 is 1.04 bits per heavy atom. The molecule has 2 aromatic rings. The molecule has 0 aliphatic carbocycles. The van der Waals surface area contributed by atoms with Crippen LogP contribution >= 0.6 is 15.9 Å². The molecule has 0 N–H and O–H groups in total. The highest BCUT2D eigenvalue weighted by Crippen LogP contribution is 2.26. The average molecular weight is 386 g/mol. The Labute approximate surface area is 142 Å². The number of hydrogen-bond acceptors (Lipinski definition) is 3. The number of benzene rings is 2. The van der Waals surface area contributed by atoms with E-state index in [2.05, 4.69) is 25.6 Å². The van der Waals surface area contributed by atoms with E-state index in [9.17, 15) is 8.78 Å². The van der Waals surface area contributed by atoms with E-state index in [-0.39, 0.29) is 5.75 Å². The number of halogens is 3. The number of alkyl halides is 2. The first-order chi connectivity index (χ1) is 11.0. The lowest BCUT2D eigenvalue weighted by molar-refractivity contribution is -0.0498. The zero-order chi connectivity index (χ0) is 16.8. The minimum absolute atomic E-state index is 0.172. The molecule has 3 nitrogen and oxygen atoms in total. The van der Waals surface area contributed by atoms with E-state index in [1.54, 1.807) is 31.4 Å². The molecule has 0 atom stereocenters. The molecule has 0 aliphatic heterocycles. The van der Waals surface area contributed by atoms with E-state index in [0.29, 0.717) is 6.54 Å². The highest BCUT2D eigenvalue weighted by Gasteiger charge is 2.07. The molecule has 0 radical (unpaired) electrons. The molecule has 0 amide bonds. The van der Waals surface area contributed by atoms with Gasteiger partial charge < -0.3 is 9.47 Å². The Morgan fingerprint density at radius 2 is 1.65 bits per heavy atom. The van der Waals surface area contributed by atoms with Crippen LogP contribution in [-0.2, 0) is 13.1 Å². The first-order valence-electron chi connectivity index (χ1n) is 7.02. The van der Waals surface area contributed by atoms with Gasteiger partial charge in [-0.15, -0.1) is 0 Å². The zero-order valence-corrected chi connectivity index (χ0v) is 14.5. The molecule has 0 saturated carbocycles. The van der Waals surface area contributed by atoms with Crippen LogP contribution in [0.25, 0.3) is 0 Å². The molecule has 23 heavy (non-hydrogen) atoms. The maximum atomic E-state index is 12.1. The van der Waals surface area contributed by atoms with E-state index in [1.165, 1.54) is 0 Å². The molecule has 0 unspecified atom stereocenters. The molecule has 0 saturated heterocycles. The van der Waals surface area contributed by atoms with E-state index >= 15 is 0 Å². The summed E-state index contributed by atoms with van der Waals surface area (Å²) in [6.07, 6.45) is 0. The SMILES string of the molecule is COc1ccc(CN(C)Cc2ccc(OC(F)F)cc2)cc1Br. The molecule has 0 aromatic heterocycles. The van der Waals surface area contributed by atoms with Crippen LogP contribution in [-0.4, -0.2) is 25.7 Å². The molecule has 0 fully saturated rings. The van der Waals surface area contributed by atoms with Gasteiger partial charge in [-0.1, -0.05) is 18.2 Å². The van der Waals surface area contributed by atoms with Gasteiger partial charge in [-0.25, -0.2) is 0 Å². The second kappa shape index (κ2) is 8.26. The highest BCUT2D eigenvalue weighted by molar-refractivity contribution is 9.10. The van der Waals surface area contributed by atoms with Crippen molar-refractivity contribution < 1.29 is 18.3 Å². The summed E-state index contributed by atoms with van der Waals surface area (Å²) >= 11 is 3.47. The minimum Gasteiger partial charge on any atom is -0.496 e. The summed E-state index contributed by atoms with van der Waals surface area (Å²) in [5, 5.41) is 0. The van der Waals surface area contributed by atoms with Gasteiger partial charge in [0, 0.05) is 13.1 Å². The number of rotatable bonds is 7. The Bertz CT molecular complexity index is 635.